The van der Waals surface area contributed by atoms with Crippen molar-refractivity contribution in [2.24, 2.45) is 0 Å². The summed E-state index contributed by atoms with van der Waals surface area (Å²) in [6.45, 7) is 3.86. The number of nitrogens with zero attached hydrogens (tertiary/aromatic N) is 2. The van der Waals surface area contributed by atoms with E-state index in [9.17, 15) is 18.4 Å². The summed E-state index contributed by atoms with van der Waals surface area (Å²) < 4.78 is 28.4. The van der Waals surface area contributed by atoms with Gasteiger partial charge in [0.2, 0.25) is 5.91 Å². The number of amides is 2. The zero-order valence-electron chi connectivity index (χ0n) is 13.6. The number of piperazine rings is 1. The van der Waals surface area contributed by atoms with E-state index < -0.39 is 29.1 Å². The summed E-state index contributed by atoms with van der Waals surface area (Å²) in [6.07, 6.45) is 1.89. The molecule has 24 heavy (non-hydrogen) atoms. The van der Waals surface area contributed by atoms with Crippen LogP contribution in [0.4, 0.5) is 8.78 Å². The SMILES string of the molecule is Cc1ccc(F)c(C(=O)N2CCNC[C@@H]2C(=O)N2CCCC2)c1F. The number of nitrogens with one attached hydrogen (secondary N) is 1. The third-order valence-electron chi connectivity index (χ3n) is 4.71. The zero-order valence-corrected chi connectivity index (χ0v) is 13.6. The molecule has 1 N–H and O–H groups in total. The molecule has 2 aliphatic heterocycles. The average Bonchev–Trinajstić information content (AvgIpc) is 3.12. The first-order valence-corrected chi connectivity index (χ1v) is 8.26. The molecule has 0 spiro atoms. The summed E-state index contributed by atoms with van der Waals surface area (Å²) >= 11 is 0. The van der Waals surface area contributed by atoms with E-state index in [0.29, 0.717) is 26.2 Å². The lowest BCUT2D eigenvalue weighted by atomic mass is 10.1. The normalized spacial score (nSPS) is 21.2. The highest BCUT2D eigenvalue weighted by atomic mass is 19.1. The Labute approximate surface area is 139 Å². The zero-order chi connectivity index (χ0) is 17.3. The van der Waals surface area contributed by atoms with Gasteiger partial charge in [0.1, 0.15) is 23.2 Å². The smallest absolute Gasteiger partial charge is 0.260 e. The molecule has 1 atom stereocenters. The van der Waals surface area contributed by atoms with Crippen molar-refractivity contribution in [3.05, 3.63) is 34.9 Å². The monoisotopic (exact) mass is 337 g/mol. The molecule has 1 aromatic carbocycles. The van der Waals surface area contributed by atoms with Crippen molar-refractivity contribution >= 4 is 11.8 Å². The van der Waals surface area contributed by atoms with E-state index in [1.54, 1.807) is 4.90 Å². The van der Waals surface area contributed by atoms with Crippen molar-refractivity contribution in [1.82, 2.24) is 15.1 Å². The summed E-state index contributed by atoms with van der Waals surface area (Å²) in [6, 6.07) is 1.67. The molecule has 0 aliphatic carbocycles. The highest BCUT2D eigenvalue weighted by molar-refractivity contribution is 5.98. The number of carbonyl (C=O) groups excluding carboxylic acids is 2. The van der Waals surface area contributed by atoms with Gasteiger partial charge in [-0.25, -0.2) is 8.78 Å². The van der Waals surface area contributed by atoms with E-state index in [1.807, 2.05) is 0 Å². The van der Waals surface area contributed by atoms with E-state index in [-0.39, 0.29) is 18.0 Å². The highest BCUT2D eigenvalue weighted by Crippen LogP contribution is 2.21. The number of carbonyl (C=O) groups is 2. The predicted molar refractivity (Wildman–Crippen MR) is 84.6 cm³/mol. The summed E-state index contributed by atoms with van der Waals surface area (Å²) in [5.41, 5.74) is -0.367. The van der Waals surface area contributed by atoms with Crippen LogP contribution >= 0.6 is 0 Å². The number of aryl methyl sites for hydroxylation is 1. The van der Waals surface area contributed by atoms with Crippen molar-refractivity contribution in [3.63, 3.8) is 0 Å². The van der Waals surface area contributed by atoms with Crippen molar-refractivity contribution in [1.29, 1.82) is 0 Å². The number of benzene rings is 1. The lowest BCUT2D eigenvalue weighted by molar-refractivity contribution is -0.135. The fourth-order valence-electron chi connectivity index (χ4n) is 3.31. The van der Waals surface area contributed by atoms with Gasteiger partial charge < -0.3 is 15.1 Å². The van der Waals surface area contributed by atoms with Crippen molar-refractivity contribution < 1.29 is 18.4 Å². The van der Waals surface area contributed by atoms with Gasteiger partial charge in [-0.2, -0.15) is 0 Å². The van der Waals surface area contributed by atoms with Gasteiger partial charge in [0.05, 0.1) is 0 Å². The standard InChI is InChI=1S/C17H21F2N3O2/c1-11-4-5-12(18)14(15(11)19)17(24)22-9-6-20-10-13(22)16(23)21-7-2-3-8-21/h4-5,13,20H,2-3,6-10H2,1H3/t13-/m1/s1. The Hall–Kier alpha value is -2.02. The Bertz CT molecular complexity index is 659. The minimum Gasteiger partial charge on any atom is -0.341 e. The van der Waals surface area contributed by atoms with Crippen molar-refractivity contribution in [3.8, 4) is 0 Å². The fourth-order valence-corrected chi connectivity index (χ4v) is 3.31. The maximum atomic E-state index is 14.3. The quantitative estimate of drug-likeness (QED) is 0.885. The molecule has 3 rings (SSSR count). The molecule has 5 nitrogen and oxygen atoms in total. The molecule has 0 aromatic heterocycles. The topological polar surface area (TPSA) is 52.7 Å². The average molecular weight is 337 g/mol. The van der Waals surface area contributed by atoms with E-state index in [0.717, 1.165) is 18.9 Å². The largest absolute Gasteiger partial charge is 0.341 e. The van der Waals surface area contributed by atoms with Crippen LogP contribution in [0.1, 0.15) is 28.8 Å². The molecule has 7 heteroatoms. The van der Waals surface area contributed by atoms with E-state index >= 15 is 0 Å². The van der Waals surface area contributed by atoms with Gasteiger partial charge in [0.25, 0.3) is 5.91 Å². The summed E-state index contributed by atoms with van der Waals surface area (Å²) in [5, 5.41) is 3.09. The molecule has 0 radical (unpaired) electrons. The third kappa shape index (κ3) is 3.00. The maximum absolute atomic E-state index is 14.3. The van der Waals surface area contributed by atoms with Gasteiger partial charge in [0, 0.05) is 32.7 Å². The number of hydrogen-bond acceptors (Lipinski definition) is 3. The maximum Gasteiger partial charge on any atom is 0.260 e. The lowest BCUT2D eigenvalue weighted by Crippen LogP contribution is -2.60. The Morgan fingerprint density at radius 2 is 1.88 bits per heavy atom. The van der Waals surface area contributed by atoms with Gasteiger partial charge in [-0.15, -0.1) is 0 Å². The highest BCUT2D eigenvalue weighted by Gasteiger charge is 2.37. The Morgan fingerprint density at radius 3 is 2.58 bits per heavy atom. The lowest BCUT2D eigenvalue weighted by Gasteiger charge is -2.37. The molecular weight excluding hydrogens is 316 g/mol. The fraction of sp³-hybridized carbons (Fsp3) is 0.529. The predicted octanol–water partition coefficient (Wildman–Crippen LogP) is 1.31. The number of hydrogen-bond donors (Lipinski definition) is 1. The van der Waals surface area contributed by atoms with Crippen LogP contribution in [0, 0.1) is 18.6 Å². The number of halogens is 2. The second-order valence-corrected chi connectivity index (χ2v) is 6.30. The van der Waals surface area contributed by atoms with Gasteiger partial charge in [-0.1, -0.05) is 6.07 Å². The molecule has 2 heterocycles. The van der Waals surface area contributed by atoms with Gasteiger partial charge >= 0.3 is 0 Å². The molecule has 0 saturated carbocycles. The van der Waals surface area contributed by atoms with E-state index in [4.69, 9.17) is 0 Å². The minimum atomic E-state index is -0.894. The summed E-state index contributed by atoms with van der Waals surface area (Å²) in [7, 11) is 0. The van der Waals surface area contributed by atoms with Crippen LogP contribution in [0.15, 0.2) is 12.1 Å². The second kappa shape index (κ2) is 6.84. The molecular formula is C17H21F2N3O2. The van der Waals surface area contributed by atoms with Crippen LogP contribution < -0.4 is 5.32 Å². The number of likely N-dealkylation sites (tertiary alicyclic amines) is 1. The van der Waals surface area contributed by atoms with Gasteiger partial charge in [-0.3, -0.25) is 9.59 Å². The third-order valence-corrected chi connectivity index (χ3v) is 4.71. The molecule has 1 aromatic rings. The minimum absolute atomic E-state index is 0.151. The summed E-state index contributed by atoms with van der Waals surface area (Å²) in [5.74, 6) is -2.66. The van der Waals surface area contributed by atoms with E-state index in [2.05, 4.69) is 5.32 Å². The van der Waals surface area contributed by atoms with E-state index in [1.165, 1.54) is 17.9 Å². The van der Waals surface area contributed by atoms with Gasteiger partial charge in [0.15, 0.2) is 0 Å². The van der Waals surface area contributed by atoms with Crippen molar-refractivity contribution in [2.45, 2.75) is 25.8 Å². The molecule has 2 fully saturated rings. The van der Waals surface area contributed by atoms with Crippen LogP contribution in [-0.2, 0) is 4.79 Å². The van der Waals surface area contributed by atoms with Crippen LogP contribution in [0.25, 0.3) is 0 Å². The summed E-state index contributed by atoms with van der Waals surface area (Å²) in [4.78, 5) is 28.5. The van der Waals surface area contributed by atoms with Crippen LogP contribution in [0.3, 0.4) is 0 Å². The first-order valence-electron chi connectivity index (χ1n) is 8.26. The second-order valence-electron chi connectivity index (χ2n) is 6.30. The first-order chi connectivity index (χ1) is 11.5. The van der Waals surface area contributed by atoms with Crippen LogP contribution in [0.5, 0.6) is 0 Å². The Morgan fingerprint density at radius 1 is 1.17 bits per heavy atom. The molecule has 130 valence electrons. The molecule has 2 amide bonds. The Balaban J connectivity index is 1.89. The molecule has 2 aliphatic rings. The molecule has 0 unspecified atom stereocenters. The molecule has 2 saturated heterocycles. The number of rotatable bonds is 2. The first kappa shape index (κ1) is 16.8. The Kier molecular flexibility index (Phi) is 4.80. The molecule has 0 bridgehead atoms. The van der Waals surface area contributed by atoms with Crippen molar-refractivity contribution in [2.75, 3.05) is 32.7 Å². The van der Waals surface area contributed by atoms with Crippen LogP contribution in [-0.4, -0.2) is 60.4 Å². The van der Waals surface area contributed by atoms with Gasteiger partial charge in [-0.05, 0) is 31.4 Å². The van der Waals surface area contributed by atoms with Crippen LogP contribution in [0.2, 0.25) is 0 Å².